The Morgan fingerprint density at radius 2 is 1.93 bits per heavy atom. The maximum atomic E-state index is 12.0. The molecule has 2 aromatic carbocycles. The Kier molecular flexibility index (Phi) is 5.93. The van der Waals surface area contributed by atoms with Gasteiger partial charge in [-0.3, -0.25) is 0 Å². The van der Waals surface area contributed by atoms with Gasteiger partial charge in [0.25, 0.3) is 0 Å². The van der Waals surface area contributed by atoms with Crippen molar-refractivity contribution in [2.75, 3.05) is 13.7 Å². The molecule has 0 fully saturated rings. The van der Waals surface area contributed by atoms with E-state index in [2.05, 4.69) is 15.4 Å². The van der Waals surface area contributed by atoms with Crippen LogP contribution in [0.25, 0.3) is 11.3 Å². The number of methoxy groups -OCH3 is 1. The molecule has 7 nitrogen and oxygen atoms in total. The number of hydrogen-bond donors (Lipinski definition) is 1. The lowest BCUT2D eigenvalue weighted by Crippen LogP contribution is -2.07. The summed E-state index contributed by atoms with van der Waals surface area (Å²) in [5, 5.41) is 11.1. The van der Waals surface area contributed by atoms with Crippen LogP contribution in [-0.2, 0) is 11.3 Å². The fourth-order valence-corrected chi connectivity index (χ4v) is 2.63. The van der Waals surface area contributed by atoms with Crippen LogP contribution in [0.5, 0.6) is 11.5 Å². The number of esters is 1. The smallest absolute Gasteiger partial charge is 0.361 e. The van der Waals surface area contributed by atoms with Crippen molar-refractivity contribution in [2.24, 2.45) is 0 Å². The molecular weight excluding hydrogens is 370 g/mol. The molecule has 0 amide bonds. The van der Waals surface area contributed by atoms with Crippen molar-refractivity contribution in [1.29, 1.82) is 0 Å². The first kappa shape index (κ1) is 18.7. The van der Waals surface area contributed by atoms with Gasteiger partial charge in [-0.15, -0.1) is 5.10 Å². The number of carbonyl (C=O) groups excluding carboxylic acids is 1. The van der Waals surface area contributed by atoms with Crippen molar-refractivity contribution in [1.82, 2.24) is 15.4 Å². The molecule has 1 N–H and O–H groups in total. The molecule has 0 aliphatic heterocycles. The molecule has 3 aromatic rings. The van der Waals surface area contributed by atoms with Crippen LogP contribution in [-0.4, -0.2) is 35.1 Å². The minimum absolute atomic E-state index is 0.131. The molecule has 140 valence electrons. The van der Waals surface area contributed by atoms with Gasteiger partial charge in [-0.1, -0.05) is 11.6 Å². The Morgan fingerprint density at radius 3 is 2.63 bits per heavy atom. The number of ether oxygens (including phenoxy) is 3. The third-order valence-corrected chi connectivity index (χ3v) is 4.03. The molecule has 0 bridgehead atoms. The molecule has 8 heteroatoms. The number of carbonyl (C=O) groups is 1. The lowest BCUT2D eigenvalue weighted by Gasteiger charge is -2.12. The molecule has 0 radical (unpaired) electrons. The zero-order chi connectivity index (χ0) is 19.2. The average Bonchev–Trinajstić information content (AvgIpc) is 3.17. The van der Waals surface area contributed by atoms with Crippen LogP contribution < -0.4 is 9.47 Å². The van der Waals surface area contributed by atoms with Crippen molar-refractivity contribution >= 4 is 17.6 Å². The number of aromatic amines is 1. The third kappa shape index (κ3) is 4.38. The van der Waals surface area contributed by atoms with Gasteiger partial charge in [0.1, 0.15) is 23.8 Å². The van der Waals surface area contributed by atoms with Crippen LogP contribution in [0, 0.1) is 0 Å². The van der Waals surface area contributed by atoms with Gasteiger partial charge in [0, 0.05) is 16.1 Å². The Labute approximate surface area is 161 Å². The van der Waals surface area contributed by atoms with E-state index in [4.69, 9.17) is 25.8 Å². The largest absolute Gasteiger partial charge is 0.496 e. The molecule has 0 aliphatic carbocycles. The normalized spacial score (nSPS) is 10.5. The number of benzene rings is 2. The molecule has 0 atom stereocenters. The minimum Gasteiger partial charge on any atom is -0.496 e. The summed E-state index contributed by atoms with van der Waals surface area (Å²) in [5.41, 5.74) is 2.03. The second kappa shape index (κ2) is 8.55. The number of rotatable bonds is 7. The summed E-state index contributed by atoms with van der Waals surface area (Å²) in [5.74, 6) is 0.811. The molecule has 3 rings (SSSR count). The Hall–Kier alpha value is -3.06. The summed E-state index contributed by atoms with van der Waals surface area (Å²) in [6, 6.07) is 12.5. The van der Waals surface area contributed by atoms with Gasteiger partial charge in [-0.25, -0.2) is 4.79 Å². The van der Waals surface area contributed by atoms with Gasteiger partial charge < -0.3 is 14.2 Å². The highest BCUT2D eigenvalue weighted by Crippen LogP contribution is 2.28. The lowest BCUT2D eigenvalue weighted by molar-refractivity contribution is 0.0520. The maximum Gasteiger partial charge on any atom is 0.361 e. The third-order valence-electron chi connectivity index (χ3n) is 3.78. The zero-order valence-electron chi connectivity index (χ0n) is 14.9. The van der Waals surface area contributed by atoms with Gasteiger partial charge in [-0.05, 0) is 49.4 Å². The van der Waals surface area contributed by atoms with E-state index in [0.29, 0.717) is 27.8 Å². The molecular formula is C19H18ClN3O4. The van der Waals surface area contributed by atoms with Crippen LogP contribution in [0.4, 0.5) is 0 Å². The number of nitrogens with zero attached hydrogens (tertiary/aromatic N) is 2. The standard InChI is InChI=1S/C19H18ClN3O4/c1-3-26-19(24)18-17(21-23-22-18)12-4-9-16(25-2)13(10-12)11-27-15-7-5-14(20)6-8-15/h4-10H,3,11H2,1-2H3,(H,21,22,23). The van der Waals surface area contributed by atoms with Crippen LogP contribution in [0.15, 0.2) is 42.5 Å². The van der Waals surface area contributed by atoms with Crippen LogP contribution in [0.2, 0.25) is 5.02 Å². The van der Waals surface area contributed by atoms with Gasteiger partial charge >= 0.3 is 5.97 Å². The van der Waals surface area contributed by atoms with E-state index in [1.807, 2.05) is 6.07 Å². The van der Waals surface area contributed by atoms with E-state index in [1.54, 1.807) is 50.4 Å². The van der Waals surface area contributed by atoms with Crippen LogP contribution >= 0.6 is 11.6 Å². The SMILES string of the molecule is CCOC(=O)c1n[nH]nc1-c1ccc(OC)c(COc2ccc(Cl)cc2)c1. The fraction of sp³-hybridized carbons (Fsp3) is 0.211. The maximum absolute atomic E-state index is 12.0. The monoisotopic (exact) mass is 387 g/mol. The Balaban J connectivity index is 1.86. The summed E-state index contributed by atoms with van der Waals surface area (Å²) in [7, 11) is 1.58. The predicted octanol–water partition coefficient (Wildman–Crippen LogP) is 3.89. The number of nitrogens with one attached hydrogen (secondary N) is 1. The summed E-state index contributed by atoms with van der Waals surface area (Å²) in [6.45, 7) is 2.26. The predicted molar refractivity (Wildman–Crippen MR) is 100 cm³/mol. The summed E-state index contributed by atoms with van der Waals surface area (Å²) in [6.07, 6.45) is 0. The van der Waals surface area contributed by atoms with Crippen molar-refractivity contribution < 1.29 is 19.0 Å². The summed E-state index contributed by atoms with van der Waals surface area (Å²) < 4.78 is 16.2. The van der Waals surface area contributed by atoms with Crippen LogP contribution in [0.1, 0.15) is 23.0 Å². The number of hydrogen-bond acceptors (Lipinski definition) is 6. The van der Waals surface area contributed by atoms with Gasteiger partial charge in [0.15, 0.2) is 5.69 Å². The fourth-order valence-electron chi connectivity index (χ4n) is 2.50. The summed E-state index contributed by atoms with van der Waals surface area (Å²) >= 11 is 5.89. The van der Waals surface area contributed by atoms with E-state index < -0.39 is 5.97 Å². The first-order valence-corrected chi connectivity index (χ1v) is 8.63. The average molecular weight is 388 g/mol. The highest BCUT2D eigenvalue weighted by molar-refractivity contribution is 6.30. The molecule has 27 heavy (non-hydrogen) atoms. The lowest BCUT2D eigenvalue weighted by atomic mass is 10.1. The van der Waals surface area contributed by atoms with Crippen molar-refractivity contribution in [2.45, 2.75) is 13.5 Å². The minimum atomic E-state index is -0.531. The molecule has 0 aliphatic rings. The van der Waals surface area contributed by atoms with E-state index >= 15 is 0 Å². The van der Waals surface area contributed by atoms with E-state index in [9.17, 15) is 4.79 Å². The van der Waals surface area contributed by atoms with Crippen molar-refractivity contribution in [3.63, 3.8) is 0 Å². The van der Waals surface area contributed by atoms with E-state index in [1.165, 1.54) is 0 Å². The van der Waals surface area contributed by atoms with Gasteiger partial charge in [0.05, 0.1) is 13.7 Å². The van der Waals surface area contributed by atoms with Crippen LogP contribution in [0.3, 0.4) is 0 Å². The molecule has 0 saturated heterocycles. The number of H-pyrrole nitrogens is 1. The van der Waals surface area contributed by atoms with Gasteiger partial charge in [0.2, 0.25) is 0 Å². The molecule has 1 heterocycles. The molecule has 0 unspecified atom stereocenters. The first-order chi connectivity index (χ1) is 13.1. The Bertz CT molecular complexity index is 925. The second-order valence-corrected chi connectivity index (χ2v) is 5.95. The zero-order valence-corrected chi connectivity index (χ0v) is 15.6. The highest BCUT2D eigenvalue weighted by atomic mass is 35.5. The van der Waals surface area contributed by atoms with E-state index in [-0.39, 0.29) is 18.9 Å². The first-order valence-electron chi connectivity index (χ1n) is 8.26. The van der Waals surface area contributed by atoms with E-state index in [0.717, 1.165) is 5.56 Å². The quantitative estimate of drug-likeness (QED) is 0.619. The highest BCUT2D eigenvalue weighted by Gasteiger charge is 2.20. The number of aromatic nitrogens is 3. The summed E-state index contributed by atoms with van der Waals surface area (Å²) in [4.78, 5) is 12.0. The topological polar surface area (TPSA) is 86.3 Å². The molecule has 0 saturated carbocycles. The van der Waals surface area contributed by atoms with Crippen molar-refractivity contribution in [3.05, 3.63) is 58.7 Å². The second-order valence-electron chi connectivity index (χ2n) is 5.51. The molecule has 0 spiro atoms. The molecule has 1 aromatic heterocycles. The Morgan fingerprint density at radius 1 is 1.15 bits per heavy atom. The van der Waals surface area contributed by atoms with Crippen molar-refractivity contribution in [3.8, 4) is 22.8 Å². The van der Waals surface area contributed by atoms with Gasteiger partial charge in [-0.2, -0.15) is 10.3 Å². The number of halogens is 1.